The van der Waals surface area contributed by atoms with Crippen molar-refractivity contribution in [2.45, 2.75) is 24.2 Å². The van der Waals surface area contributed by atoms with E-state index in [-0.39, 0.29) is 5.91 Å². The molecule has 5 N–H and O–H groups in total. The zero-order valence-electron chi connectivity index (χ0n) is 9.11. The van der Waals surface area contributed by atoms with Gasteiger partial charge in [-0.1, -0.05) is 0 Å². The Kier molecular flexibility index (Phi) is 5.74. The van der Waals surface area contributed by atoms with Crippen LogP contribution in [0.3, 0.4) is 0 Å². The smallest absolute Gasteiger partial charge is 0.233 e. The lowest BCUT2D eigenvalue weighted by Crippen LogP contribution is -2.29. The topological polar surface area (TPSA) is 81.1 Å². The van der Waals surface area contributed by atoms with E-state index in [2.05, 4.69) is 5.43 Å². The monoisotopic (exact) mass is 239 g/mol. The fourth-order valence-electron chi connectivity index (χ4n) is 1.21. The molecule has 1 aromatic rings. The van der Waals surface area contributed by atoms with Crippen LogP contribution in [0.4, 0.5) is 5.69 Å². The first-order valence-corrected chi connectivity index (χ1v) is 6.18. The van der Waals surface area contributed by atoms with Gasteiger partial charge in [0.1, 0.15) is 0 Å². The average molecular weight is 239 g/mol. The number of hydrogen-bond donors (Lipinski definition) is 3. The summed E-state index contributed by atoms with van der Waals surface area (Å²) in [5, 5.41) is 0. The summed E-state index contributed by atoms with van der Waals surface area (Å²) >= 11 is 1.77. The van der Waals surface area contributed by atoms with Crippen molar-refractivity contribution in [1.29, 1.82) is 0 Å². The third-order valence-corrected chi connectivity index (χ3v) is 3.21. The van der Waals surface area contributed by atoms with Crippen LogP contribution in [0.15, 0.2) is 29.2 Å². The maximum absolute atomic E-state index is 10.8. The summed E-state index contributed by atoms with van der Waals surface area (Å²) in [6, 6.07) is 7.80. The molecular weight excluding hydrogens is 222 g/mol. The number of nitrogens with one attached hydrogen (secondary N) is 1. The summed E-state index contributed by atoms with van der Waals surface area (Å²) < 4.78 is 0. The van der Waals surface area contributed by atoms with E-state index in [0.29, 0.717) is 6.42 Å². The lowest BCUT2D eigenvalue weighted by atomic mass is 10.2. The van der Waals surface area contributed by atoms with Gasteiger partial charge in [-0.15, -0.1) is 11.8 Å². The van der Waals surface area contributed by atoms with Crippen LogP contribution in [0.1, 0.15) is 19.3 Å². The number of hydrazine groups is 1. The summed E-state index contributed by atoms with van der Waals surface area (Å²) in [7, 11) is 0. The Morgan fingerprint density at radius 3 is 2.56 bits per heavy atom. The van der Waals surface area contributed by atoms with Crippen LogP contribution < -0.4 is 17.0 Å². The van der Waals surface area contributed by atoms with Crippen molar-refractivity contribution in [2.24, 2.45) is 5.84 Å². The molecule has 1 aromatic carbocycles. The van der Waals surface area contributed by atoms with E-state index in [0.717, 1.165) is 24.3 Å². The van der Waals surface area contributed by atoms with E-state index >= 15 is 0 Å². The van der Waals surface area contributed by atoms with E-state index < -0.39 is 0 Å². The minimum atomic E-state index is -0.0996. The summed E-state index contributed by atoms with van der Waals surface area (Å²) in [5.41, 5.74) is 8.49. The second-order valence-corrected chi connectivity index (χ2v) is 4.61. The van der Waals surface area contributed by atoms with Crippen LogP contribution in [0.25, 0.3) is 0 Å². The van der Waals surface area contributed by atoms with Crippen LogP contribution in [-0.2, 0) is 4.79 Å². The molecule has 0 fully saturated rings. The average Bonchev–Trinajstić information content (AvgIpc) is 2.31. The SMILES string of the molecule is NNC(=O)CCCCSc1ccc(N)cc1. The van der Waals surface area contributed by atoms with Gasteiger partial charge in [-0.2, -0.15) is 0 Å². The Balaban J connectivity index is 2.11. The summed E-state index contributed by atoms with van der Waals surface area (Å²) in [5.74, 6) is 5.88. The van der Waals surface area contributed by atoms with Crippen LogP contribution in [0.5, 0.6) is 0 Å². The number of anilines is 1. The van der Waals surface area contributed by atoms with E-state index in [1.807, 2.05) is 24.3 Å². The Morgan fingerprint density at radius 1 is 1.25 bits per heavy atom. The number of rotatable bonds is 6. The molecule has 0 aliphatic rings. The number of carbonyl (C=O) groups is 1. The van der Waals surface area contributed by atoms with E-state index in [1.165, 1.54) is 4.90 Å². The molecule has 0 saturated heterocycles. The fraction of sp³-hybridized carbons (Fsp3) is 0.364. The van der Waals surface area contributed by atoms with Gasteiger partial charge < -0.3 is 5.73 Å². The molecule has 0 heterocycles. The molecule has 0 bridgehead atoms. The highest BCUT2D eigenvalue weighted by Crippen LogP contribution is 2.20. The van der Waals surface area contributed by atoms with Gasteiger partial charge in [0.2, 0.25) is 5.91 Å². The number of carbonyl (C=O) groups excluding carboxylic acids is 1. The highest BCUT2D eigenvalue weighted by atomic mass is 32.2. The Bertz CT molecular complexity index is 327. The Morgan fingerprint density at radius 2 is 1.94 bits per heavy atom. The molecule has 0 saturated carbocycles. The molecule has 4 nitrogen and oxygen atoms in total. The Labute approximate surface area is 99.7 Å². The fourth-order valence-corrected chi connectivity index (χ4v) is 2.13. The minimum absolute atomic E-state index is 0.0996. The molecule has 0 radical (unpaired) electrons. The van der Waals surface area contributed by atoms with Crippen molar-refractivity contribution in [1.82, 2.24) is 5.43 Å². The van der Waals surface area contributed by atoms with E-state index in [9.17, 15) is 4.79 Å². The first kappa shape index (κ1) is 12.9. The molecule has 88 valence electrons. The molecule has 16 heavy (non-hydrogen) atoms. The van der Waals surface area contributed by atoms with Crippen LogP contribution in [0.2, 0.25) is 0 Å². The highest BCUT2D eigenvalue weighted by molar-refractivity contribution is 7.99. The minimum Gasteiger partial charge on any atom is -0.399 e. The maximum Gasteiger partial charge on any atom is 0.233 e. The zero-order valence-corrected chi connectivity index (χ0v) is 9.93. The third-order valence-electron chi connectivity index (χ3n) is 2.11. The normalized spacial score (nSPS) is 10.1. The molecule has 0 unspecified atom stereocenters. The number of benzene rings is 1. The molecule has 5 heteroatoms. The lowest BCUT2D eigenvalue weighted by molar-refractivity contribution is -0.121. The predicted octanol–water partition coefficient (Wildman–Crippen LogP) is 1.52. The van der Waals surface area contributed by atoms with Gasteiger partial charge in [-0.3, -0.25) is 10.2 Å². The second kappa shape index (κ2) is 7.14. The second-order valence-electron chi connectivity index (χ2n) is 3.44. The molecule has 0 aliphatic carbocycles. The van der Waals surface area contributed by atoms with Gasteiger partial charge in [0.05, 0.1) is 0 Å². The van der Waals surface area contributed by atoms with Gasteiger partial charge in [0.15, 0.2) is 0 Å². The molecular formula is C11H17N3OS. The summed E-state index contributed by atoms with van der Waals surface area (Å²) in [6.45, 7) is 0. The van der Waals surface area contributed by atoms with Crippen molar-refractivity contribution in [3.05, 3.63) is 24.3 Å². The van der Waals surface area contributed by atoms with Gasteiger partial charge in [0.25, 0.3) is 0 Å². The molecule has 0 aromatic heterocycles. The van der Waals surface area contributed by atoms with Crippen LogP contribution in [0, 0.1) is 0 Å². The first-order chi connectivity index (χ1) is 7.72. The molecule has 0 aliphatic heterocycles. The number of nitrogens with two attached hydrogens (primary N) is 2. The molecule has 1 amide bonds. The summed E-state index contributed by atoms with van der Waals surface area (Å²) in [4.78, 5) is 12.0. The molecule has 0 atom stereocenters. The maximum atomic E-state index is 10.8. The number of amides is 1. The van der Waals surface area contributed by atoms with Crippen molar-refractivity contribution in [3.8, 4) is 0 Å². The van der Waals surface area contributed by atoms with Crippen LogP contribution in [-0.4, -0.2) is 11.7 Å². The van der Waals surface area contributed by atoms with Gasteiger partial charge in [-0.25, -0.2) is 5.84 Å². The number of thioether (sulfide) groups is 1. The van der Waals surface area contributed by atoms with Crippen molar-refractivity contribution in [2.75, 3.05) is 11.5 Å². The number of unbranched alkanes of at least 4 members (excludes halogenated alkanes) is 1. The molecule has 1 rings (SSSR count). The van der Waals surface area contributed by atoms with E-state index in [4.69, 9.17) is 11.6 Å². The summed E-state index contributed by atoms with van der Waals surface area (Å²) in [6.07, 6.45) is 2.37. The van der Waals surface area contributed by atoms with Crippen molar-refractivity contribution < 1.29 is 4.79 Å². The van der Waals surface area contributed by atoms with Gasteiger partial charge in [0, 0.05) is 17.0 Å². The lowest BCUT2D eigenvalue weighted by Gasteiger charge is -2.02. The standard InChI is InChI=1S/C11H17N3OS/c12-9-4-6-10(7-5-9)16-8-2-1-3-11(15)14-13/h4-7H,1-3,8,12-13H2,(H,14,15). The van der Waals surface area contributed by atoms with Gasteiger partial charge >= 0.3 is 0 Å². The van der Waals surface area contributed by atoms with Crippen molar-refractivity contribution >= 4 is 23.4 Å². The zero-order chi connectivity index (χ0) is 11.8. The largest absolute Gasteiger partial charge is 0.399 e. The predicted molar refractivity (Wildman–Crippen MR) is 67.8 cm³/mol. The number of nitrogen functional groups attached to an aromatic ring is 1. The van der Waals surface area contributed by atoms with Crippen LogP contribution >= 0.6 is 11.8 Å². The quantitative estimate of drug-likeness (QED) is 0.176. The van der Waals surface area contributed by atoms with Crippen molar-refractivity contribution in [3.63, 3.8) is 0 Å². The highest BCUT2D eigenvalue weighted by Gasteiger charge is 1.98. The Hall–Kier alpha value is -1.20. The third kappa shape index (κ3) is 5.04. The first-order valence-electron chi connectivity index (χ1n) is 5.20. The molecule has 0 spiro atoms. The van der Waals surface area contributed by atoms with E-state index in [1.54, 1.807) is 11.8 Å². The number of hydrogen-bond acceptors (Lipinski definition) is 4. The van der Waals surface area contributed by atoms with Gasteiger partial charge in [-0.05, 0) is 42.9 Å².